The smallest absolute Gasteiger partial charge is 0.244 e. The molecule has 0 bridgehead atoms. The maximum absolute atomic E-state index is 12.8. The van der Waals surface area contributed by atoms with E-state index in [0.717, 1.165) is 44.3 Å². The second-order valence-corrected chi connectivity index (χ2v) is 6.81. The van der Waals surface area contributed by atoms with Crippen LogP contribution in [0.1, 0.15) is 44.6 Å². The van der Waals surface area contributed by atoms with Gasteiger partial charge in [0.2, 0.25) is 5.91 Å². The maximum atomic E-state index is 12.8. The number of hydrogen-bond acceptors (Lipinski definition) is 5. The lowest BCUT2D eigenvalue weighted by Crippen LogP contribution is -2.54. The summed E-state index contributed by atoms with van der Waals surface area (Å²) in [6.45, 7) is 4.74. The SMILES string of the molecule is CCCCC[C@H](CC(=O)NOCc1ccccc1)C(=O)[C@@H]1CNCCN1. The molecule has 0 radical (unpaired) electrons. The molecule has 0 unspecified atom stereocenters. The van der Waals surface area contributed by atoms with Gasteiger partial charge < -0.3 is 10.6 Å². The Hall–Kier alpha value is -1.76. The molecule has 0 aliphatic carbocycles. The summed E-state index contributed by atoms with van der Waals surface area (Å²) in [6, 6.07) is 9.45. The first-order valence-corrected chi connectivity index (χ1v) is 9.63. The Morgan fingerprint density at radius 2 is 2.04 bits per heavy atom. The van der Waals surface area contributed by atoms with Gasteiger partial charge in [0, 0.05) is 32.0 Å². The van der Waals surface area contributed by atoms with E-state index < -0.39 is 0 Å². The highest BCUT2D eigenvalue weighted by atomic mass is 16.6. The zero-order valence-electron chi connectivity index (χ0n) is 15.6. The number of amides is 1. The third kappa shape index (κ3) is 7.23. The average Bonchev–Trinajstić information content (AvgIpc) is 2.68. The number of ketones is 1. The molecule has 1 fully saturated rings. The number of nitrogens with one attached hydrogen (secondary N) is 3. The predicted octanol–water partition coefficient (Wildman–Crippen LogP) is 1.95. The molecule has 144 valence electrons. The molecular weight excluding hydrogens is 330 g/mol. The predicted molar refractivity (Wildman–Crippen MR) is 101 cm³/mol. The highest BCUT2D eigenvalue weighted by Crippen LogP contribution is 2.17. The van der Waals surface area contributed by atoms with Crippen LogP contribution < -0.4 is 16.1 Å². The lowest BCUT2D eigenvalue weighted by atomic mass is 9.89. The third-order valence-electron chi connectivity index (χ3n) is 4.64. The summed E-state index contributed by atoms with van der Waals surface area (Å²) < 4.78 is 0. The molecule has 26 heavy (non-hydrogen) atoms. The summed E-state index contributed by atoms with van der Waals surface area (Å²) in [7, 11) is 0. The number of piperazine rings is 1. The van der Waals surface area contributed by atoms with Gasteiger partial charge in [0.05, 0.1) is 12.6 Å². The number of benzene rings is 1. The summed E-state index contributed by atoms with van der Waals surface area (Å²) in [5.41, 5.74) is 3.47. The highest BCUT2D eigenvalue weighted by molar-refractivity contribution is 5.90. The Bertz CT molecular complexity index is 544. The first-order chi connectivity index (χ1) is 12.7. The molecule has 1 aliphatic rings. The van der Waals surface area contributed by atoms with Crippen molar-refractivity contribution in [1.82, 2.24) is 16.1 Å². The minimum absolute atomic E-state index is 0.131. The quantitative estimate of drug-likeness (QED) is 0.415. The van der Waals surface area contributed by atoms with E-state index in [0.29, 0.717) is 13.2 Å². The summed E-state index contributed by atoms with van der Waals surface area (Å²) in [5, 5.41) is 6.49. The Labute approximate surface area is 156 Å². The minimum atomic E-state index is -0.265. The largest absolute Gasteiger partial charge is 0.313 e. The van der Waals surface area contributed by atoms with Crippen LogP contribution >= 0.6 is 0 Å². The molecule has 1 amide bonds. The Morgan fingerprint density at radius 3 is 2.73 bits per heavy atom. The zero-order valence-corrected chi connectivity index (χ0v) is 15.6. The van der Waals surface area contributed by atoms with Crippen molar-refractivity contribution in [1.29, 1.82) is 0 Å². The molecule has 6 heteroatoms. The maximum Gasteiger partial charge on any atom is 0.244 e. The Kier molecular flexibility index (Phi) is 9.31. The second-order valence-electron chi connectivity index (χ2n) is 6.81. The number of hydrogen-bond donors (Lipinski definition) is 3. The molecule has 1 saturated heterocycles. The number of rotatable bonds is 11. The molecule has 1 heterocycles. The van der Waals surface area contributed by atoms with Crippen molar-refractivity contribution in [2.24, 2.45) is 5.92 Å². The van der Waals surface area contributed by atoms with Crippen LogP contribution in [0.3, 0.4) is 0 Å². The van der Waals surface area contributed by atoms with Crippen molar-refractivity contribution in [3.8, 4) is 0 Å². The van der Waals surface area contributed by atoms with E-state index in [1.165, 1.54) is 0 Å². The van der Waals surface area contributed by atoms with Gasteiger partial charge in [-0.1, -0.05) is 56.5 Å². The van der Waals surface area contributed by atoms with Crippen molar-refractivity contribution in [2.45, 2.75) is 51.7 Å². The summed E-state index contributed by atoms with van der Waals surface area (Å²) in [6.07, 6.45) is 4.06. The summed E-state index contributed by atoms with van der Waals surface area (Å²) in [4.78, 5) is 30.3. The molecule has 1 aromatic rings. The molecule has 0 aromatic heterocycles. The number of carbonyl (C=O) groups excluding carboxylic acids is 2. The van der Waals surface area contributed by atoms with E-state index in [1.54, 1.807) is 0 Å². The first-order valence-electron chi connectivity index (χ1n) is 9.63. The molecule has 0 saturated carbocycles. The Balaban J connectivity index is 1.81. The fourth-order valence-electron chi connectivity index (χ4n) is 3.16. The lowest BCUT2D eigenvalue weighted by Gasteiger charge is -2.27. The van der Waals surface area contributed by atoms with Gasteiger partial charge in [-0.3, -0.25) is 14.4 Å². The topological polar surface area (TPSA) is 79.5 Å². The van der Waals surface area contributed by atoms with Crippen molar-refractivity contribution < 1.29 is 14.4 Å². The standard InChI is InChI=1S/C20H31N3O3/c1-2-3-5-10-17(20(25)18-14-21-11-12-22-18)13-19(24)23-26-15-16-8-6-4-7-9-16/h4,6-9,17-18,21-22H,2-3,5,10-15H2,1H3,(H,23,24)/t17-,18+/m1/s1. The first kappa shape index (κ1) is 20.6. The summed E-state index contributed by atoms with van der Waals surface area (Å²) >= 11 is 0. The van der Waals surface area contributed by atoms with E-state index in [4.69, 9.17) is 4.84 Å². The van der Waals surface area contributed by atoms with Crippen LogP contribution in [0.5, 0.6) is 0 Å². The van der Waals surface area contributed by atoms with Gasteiger partial charge in [0.1, 0.15) is 0 Å². The number of Topliss-reactive ketones (excluding diaryl/α,β-unsaturated/α-hetero) is 1. The van der Waals surface area contributed by atoms with Gasteiger partial charge in [-0.2, -0.15) is 0 Å². The number of unbranched alkanes of at least 4 members (excludes halogenated alkanes) is 2. The van der Waals surface area contributed by atoms with E-state index in [9.17, 15) is 9.59 Å². The fourth-order valence-corrected chi connectivity index (χ4v) is 3.16. The zero-order chi connectivity index (χ0) is 18.6. The van der Waals surface area contributed by atoms with Crippen molar-refractivity contribution in [2.75, 3.05) is 19.6 Å². The van der Waals surface area contributed by atoms with E-state index in [2.05, 4.69) is 23.0 Å². The van der Waals surface area contributed by atoms with Crippen LogP contribution in [0.25, 0.3) is 0 Å². The van der Waals surface area contributed by atoms with Gasteiger partial charge in [0.15, 0.2) is 5.78 Å². The molecule has 1 aliphatic heterocycles. The van der Waals surface area contributed by atoms with Crippen LogP contribution in [0.2, 0.25) is 0 Å². The molecule has 0 spiro atoms. The van der Waals surface area contributed by atoms with Crippen LogP contribution in [0.4, 0.5) is 0 Å². The second kappa shape index (κ2) is 11.8. The van der Waals surface area contributed by atoms with E-state index in [1.807, 2.05) is 30.3 Å². The van der Waals surface area contributed by atoms with Gasteiger partial charge in [-0.15, -0.1) is 0 Å². The normalized spacial score (nSPS) is 18.3. The van der Waals surface area contributed by atoms with Crippen molar-refractivity contribution in [3.63, 3.8) is 0 Å². The average molecular weight is 361 g/mol. The Morgan fingerprint density at radius 1 is 1.23 bits per heavy atom. The molecule has 3 N–H and O–H groups in total. The third-order valence-corrected chi connectivity index (χ3v) is 4.64. The molecule has 2 rings (SSSR count). The monoisotopic (exact) mass is 361 g/mol. The molecule has 6 nitrogen and oxygen atoms in total. The van der Waals surface area contributed by atoms with E-state index >= 15 is 0 Å². The van der Waals surface area contributed by atoms with Crippen LogP contribution in [-0.2, 0) is 21.0 Å². The molecule has 2 atom stereocenters. The van der Waals surface area contributed by atoms with Crippen LogP contribution in [-0.4, -0.2) is 37.4 Å². The minimum Gasteiger partial charge on any atom is -0.313 e. The van der Waals surface area contributed by atoms with Gasteiger partial charge >= 0.3 is 0 Å². The van der Waals surface area contributed by atoms with Crippen molar-refractivity contribution >= 4 is 11.7 Å². The molecular formula is C20H31N3O3. The highest BCUT2D eigenvalue weighted by Gasteiger charge is 2.29. The van der Waals surface area contributed by atoms with Gasteiger partial charge in [-0.25, -0.2) is 5.48 Å². The number of hydroxylamine groups is 1. The fraction of sp³-hybridized carbons (Fsp3) is 0.600. The number of carbonyl (C=O) groups is 2. The van der Waals surface area contributed by atoms with Gasteiger partial charge in [0.25, 0.3) is 0 Å². The lowest BCUT2D eigenvalue weighted by molar-refractivity contribution is -0.139. The summed E-state index contributed by atoms with van der Waals surface area (Å²) in [5.74, 6) is -0.370. The van der Waals surface area contributed by atoms with Crippen LogP contribution in [0, 0.1) is 5.92 Å². The molecule has 1 aromatic carbocycles. The van der Waals surface area contributed by atoms with Crippen molar-refractivity contribution in [3.05, 3.63) is 35.9 Å². The van der Waals surface area contributed by atoms with E-state index in [-0.39, 0.29) is 30.1 Å². The van der Waals surface area contributed by atoms with Gasteiger partial charge in [-0.05, 0) is 12.0 Å². The van der Waals surface area contributed by atoms with Crippen LogP contribution in [0.15, 0.2) is 30.3 Å².